The number of hydrogen-bond donors (Lipinski definition) is 0. The van der Waals surface area contributed by atoms with Crippen molar-refractivity contribution >= 4 is 34.4 Å². The summed E-state index contributed by atoms with van der Waals surface area (Å²) in [4.78, 5) is 15.9. The van der Waals surface area contributed by atoms with Gasteiger partial charge in [-0.3, -0.25) is 4.99 Å². The molecule has 1 aliphatic carbocycles. The Morgan fingerprint density at radius 2 is 2.33 bits per heavy atom. The lowest BCUT2D eigenvalue weighted by Crippen LogP contribution is -2.20. The van der Waals surface area contributed by atoms with Gasteiger partial charge in [0, 0.05) is 16.2 Å². The summed E-state index contributed by atoms with van der Waals surface area (Å²) in [5.41, 5.74) is 1.00. The number of carbonyl (C=O) groups excluding carboxylic acids is 1. The van der Waals surface area contributed by atoms with Gasteiger partial charge in [-0.1, -0.05) is 37.6 Å². The highest BCUT2D eigenvalue weighted by Gasteiger charge is 2.30. The Kier molecular flexibility index (Phi) is 3.87. The quantitative estimate of drug-likeness (QED) is 0.732. The highest BCUT2D eigenvalue weighted by molar-refractivity contribution is 8.14. The van der Waals surface area contributed by atoms with Crippen LogP contribution in [-0.4, -0.2) is 29.9 Å². The lowest BCUT2D eigenvalue weighted by molar-refractivity contribution is -0.141. The largest absolute Gasteiger partial charge is 0.467 e. The van der Waals surface area contributed by atoms with Gasteiger partial charge in [-0.15, -0.1) is 11.8 Å². The number of esters is 1. The van der Waals surface area contributed by atoms with Gasteiger partial charge in [0.1, 0.15) is 0 Å². The van der Waals surface area contributed by atoms with Crippen LogP contribution in [0.4, 0.5) is 0 Å². The van der Waals surface area contributed by atoms with Gasteiger partial charge in [-0.05, 0) is 12.0 Å². The van der Waals surface area contributed by atoms with Crippen LogP contribution in [0.1, 0.15) is 20.3 Å². The zero-order chi connectivity index (χ0) is 13.3. The van der Waals surface area contributed by atoms with Crippen LogP contribution in [0.15, 0.2) is 27.7 Å². The van der Waals surface area contributed by atoms with Crippen molar-refractivity contribution in [2.24, 2.45) is 10.4 Å². The Bertz CT molecular complexity index is 466. The van der Waals surface area contributed by atoms with E-state index < -0.39 is 0 Å². The van der Waals surface area contributed by atoms with E-state index in [1.54, 1.807) is 11.8 Å². The molecule has 0 amide bonds. The van der Waals surface area contributed by atoms with Gasteiger partial charge in [-0.2, -0.15) is 0 Å². The summed E-state index contributed by atoms with van der Waals surface area (Å²) in [6.07, 6.45) is 4.94. The van der Waals surface area contributed by atoms with Crippen LogP contribution in [0.2, 0.25) is 0 Å². The van der Waals surface area contributed by atoms with Crippen LogP contribution in [0.5, 0.6) is 0 Å². The van der Waals surface area contributed by atoms with E-state index in [1.165, 1.54) is 7.11 Å². The minimum Gasteiger partial charge on any atom is -0.467 e. The van der Waals surface area contributed by atoms with Crippen molar-refractivity contribution in [3.63, 3.8) is 0 Å². The molecular formula is C13H16ClNO2S. The Hall–Kier alpha value is -0.740. The van der Waals surface area contributed by atoms with Crippen molar-refractivity contribution < 1.29 is 9.53 Å². The molecule has 2 aliphatic rings. The average molecular weight is 286 g/mol. The molecule has 0 aromatic carbocycles. The fourth-order valence-electron chi connectivity index (χ4n) is 1.98. The normalized spacial score (nSPS) is 26.2. The van der Waals surface area contributed by atoms with Gasteiger partial charge in [0.2, 0.25) is 0 Å². The molecule has 1 atom stereocenters. The Balaban J connectivity index is 2.18. The lowest BCUT2D eigenvalue weighted by Gasteiger charge is -2.25. The summed E-state index contributed by atoms with van der Waals surface area (Å²) in [5, 5.41) is 1.80. The first-order chi connectivity index (χ1) is 8.44. The number of carbonyl (C=O) groups is 1. The Morgan fingerprint density at radius 3 is 2.94 bits per heavy atom. The van der Waals surface area contributed by atoms with E-state index >= 15 is 0 Å². The molecule has 1 aliphatic heterocycles. The zero-order valence-corrected chi connectivity index (χ0v) is 12.3. The summed E-state index contributed by atoms with van der Waals surface area (Å²) in [6.45, 7) is 4.14. The standard InChI is InChI=1S/C13H16ClNO2S/c1-13(2)6-8(4-5-10(13)14)11-15-9(7-18-11)12(16)17-3/h5-6,9H,4,7H2,1-3H3. The van der Waals surface area contributed by atoms with E-state index in [1.807, 2.05) is 6.08 Å². The van der Waals surface area contributed by atoms with Crippen molar-refractivity contribution in [3.8, 4) is 0 Å². The summed E-state index contributed by atoms with van der Waals surface area (Å²) in [7, 11) is 1.39. The fraction of sp³-hybridized carbons (Fsp3) is 0.538. The number of thioether (sulfide) groups is 1. The molecule has 0 fully saturated rings. The monoisotopic (exact) mass is 285 g/mol. The summed E-state index contributed by atoms with van der Waals surface area (Å²) >= 11 is 7.79. The van der Waals surface area contributed by atoms with E-state index in [9.17, 15) is 4.79 Å². The molecule has 98 valence electrons. The number of ether oxygens (including phenoxy) is 1. The first kappa shape index (κ1) is 13.7. The van der Waals surface area contributed by atoms with Gasteiger partial charge in [0.25, 0.3) is 0 Å². The molecule has 2 rings (SSSR count). The molecule has 1 unspecified atom stereocenters. The average Bonchev–Trinajstić information content (AvgIpc) is 2.81. The van der Waals surface area contributed by atoms with Crippen LogP contribution in [0.3, 0.4) is 0 Å². The second-order valence-electron chi connectivity index (χ2n) is 4.93. The molecule has 0 N–H and O–H groups in total. The van der Waals surface area contributed by atoms with Crippen molar-refractivity contribution in [2.45, 2.75) is 26.3 Å². The van der Waals surface area contributed by atoms with E-state index in [0.717, 1.165) is 22.1 Å². The number of allylic oxidation sites excluding steroid dienone is 3. The molecule has 0 radical (unpaired) electrons. The van der Waals surface area contributed by atoms with Crippen molar-refractivity contribution in [1.29, 1.82) is 0 Å². The van der Waals surface area contributed by atoms with Gasteiger partial charge >= 0.3 is 5.97 Å². The number of aliphatic imine (C=N–C) groups is 1. The van der Waals surface area contributed by atoms with Gasteiger partial charge in [0.15, 0.2) is 6.04 Å². The maximum absolute atomic E-state index is 11.4. The minimum atomic E-state index is -0.361. The number of halogens is 1. The third-order valence-electron chi connectivity index (χ3n) is 3.05. The van der Waals surface area contributed by atoms with Crippen LogP contribution >= 0.6 is 23.4 Å². The van der Waals surface area contributed by atoms with Crippen LogP contribution < -0.4 is 0 Å². The van der Waals surface area contributed by atoms with Gasteiger partial charge in [0.05, 0.1) is 12.2 Å². The highest BCUT2D eigenvalue weighted by Crippen LogP contribution is 2.39. The first-order valence-electron chi connectivity index (χ1n) is 5.80. The molecule has 0 saturated heterocycles. The third-order valence-corrected chi connectivity index (χ3v) is 4.82. The smallest absolute Gasteiger partial charge is 0.331 e. The fourth-order valence-corrected chi connectivity index (χ4v) is 3.17. The van der Waals surface area contributed by atoms with Crippen LogP contribution in [0.25, 0.3) is 0 Å². The van der Waals surface area contributed by atoms with Crippen molar-refractivity contribution in [1.82, 2.24) is 0 Å². The maximum atomic E-state index is 11.4. The summed E-state index contributed by atoms with van der Waals surface area (Å²) in [6, 6.07) is -0.361. The lowest BCUT2D eigenvalue weighted by atomic mass is 9.85. The molecule has 0 bridgehead atoms. The van der Waals surface area contributed by atoms with E-state index in [4.69, 9.17) is 16.3 Å². The second-order valence-corrected chi connectivity index (χ2v) is 6.35. The number of rotatable bonds is 2. The van der Waals surface area contributed by atoms with Crippen molar-refractivity contribution in [2.75, 3.05) is 12.9 Å². The molecule has 0 saturated carbocycles. The van der Waals surface area contributed by atoms with E-state index in [-0.39, 0.29) is 17.4 Å². The molecule has 0 aromatic heterocycles. The van der Waals surface area contributed by atoms with Crippen molar-refractivity contribution in [3.05, 3.63) is 22.8 Å². The van der Waals surface area contributed by atoms with Crippen LogP contribution in [-0.2, 0) is 9.53 Å². The topological polar surface area (TPSA) is 38.7 Å². The summed E-state index contributed by atoms with van der Waals surface area (Å²) in [5.74, 6) is 0.402. The molecule has 0 aromatic rings. The number of hydrogen-bond acceptors (Lipinski definition) is 4. The zero-order valence-electron chi connectivity index (χ0n) is 10.7. The minimum absolute atomic E-state index is 0.151. The Labute approximate surface area is 116 Å². The molecule has 1 heterocycles. The number of nitrogens with zero attached hydrogens (tertiary/aromatic N) is 1. The third kappa shape index (κ3) is 2.64. The predicted molar refractivity (Wildman–Crippen MR) is 76.1 cm³/mol. The molecule has 5 heteroatoms. The molecule has 0 spiro atoms. The predicted octanol–water partition coefficient (Wildman–Crippen LogP) is 3.15. The van der Waals surface area contributed by atoms with E-state index in [2.05, 4.69) is 24.9 Å². The molecular weight excluding hydrogens is 270 g/mol. The molecule has 3 nitrogen and oxygen atoms in total. The maximum Gasteiger partial charge on any atom is 0.331 e. The van der Waals surface area contributed by atoms with Gasteiger partial charge in [-0.25, -0.2) is 4.79 Å². The molecule has 18 heavy (non-hydrogen) atoms. The number of methoxy groups -OCH3 is 1. The summed E-state index contributed by atoms with van der Waals surface area (Å²) < 4.78 is 4.72. The van der Waals surface area contributed by atoms with Crippen LogP contribution in [0, 0.1) is 5.41 Å². The second kappa shape index (κ2) is 5.10. The van der Waals surface area contributed by atoms with Gasteiger partial charge < -0.3 is 4.74 Å². The SMILES string of the molecule is COC(=O)C1CSC(C2=CC(C)(C)C(Cl)=CC2)=N1. The highest BCUT2D eigenvalue weighted by atomic mass is 35.5. The first-order valence-corrected chi connectivity index (χ1v) is 7.17. The van der Waals surface area contributed by atoms with E-state index in [0.29, 0.717) is 5.75 Å². The Morgan fingerprint density at radius 1 is 1.61 bits per heavy atom.